The molecule has 1 unspecified atom stereocenters. The van der Waals surface area contributed by atoms with Crippen LogP contribution in [0.15, 0.2) is 0 Å². The highest BCUT2D eigenvalue weighted by Crippen LogP contribution is 2.35. The summed E-state index contributed by atoms with van der Waals surface area (Å²) < 4.78 is 4.93. The van der Waals surface area contributed by atoms with Gasteiger partial charge in [-0.2, -0.15) is 0 Å². The van der Waals surface area contributed by atoms with Crippen LogP contribution in [0.4, 0.5) is 0 Å². The standard InChI is InChI=1S/C10H19N3O3/c1-7(8-3-4-8)13(5-6-16-2)10(15)9(14)12-11/h7-8H,3-6,11H2,1-2H3,(H,12,14). The van der Waals surface area contributed by atoms with Crippen molar-refractivity contribution < 1.29 is 14.3 Å². The van der Waals surface area contributed by atoms with Gasteiger partial charge in [0.05, 0.1) is 6.61 Å². The van der Waals surface area contributed by atoms with Gasteiger partial charge in [-0.1, -0.05) is 0 Å². The molecule has 6 nitrogen and oxygen atoms in total. The van der Waals surface area contributed by atoms with Crippen molar-refractivity contribution in [3.8, 4) is 0 Å². The van der Waals surface area contributed by atoms with Crippen molar-refractivity contribution in [3.63, 3.8) is 0 Å². The summed E-state index contributed by atoms with van der Waals surface area (Å²) in [6, 6.07) is 0.0694. The number of hydrogen-bond acceptors (Lipinski definition) is 4. The lowest BCUT2D eigenvalue weighted by Gasteiger charge is -2.28. The molecule has 1 aliphatic carbocycles. The molecule has 1 atom stereocenters. The molecule has 0 heterocycles. The molecule has 2 amide bonds. The fourth-order valence-corrected chi connectivity index (χ4v) is 1.71. The largest absolute Gasteiger partial charge is 0.383 e. The first kappa shape index (κ1) is 12.9. The van der Waals surface area contributed by atoms with E-state index in [9.17, 15) is 9.59 Å². The van der Waals surface area contributed by atoms with Crippen molar-refractivity contribution in [3.05, 3.63) is 0 Å². The topological polar surface area (TPSA) is 84.7 Å². The minimum atomic E-state index is -0.774. The summed E-state index contributed by atoms with van der Waals surface area (Å²) in [6.45, 7) is 2.79. The van der Waals surface area contributed by atoms with Gasteiger partial charge < -0.3 is 9.64 Å². The molecule has 1 fully saturated rings. The van der Waals surface area contributed by atoms with Gasteiger partial charge >= 0.3 is 11.8 Å². The van der Waals surface area contributed by atoms with Crippen LogP contribution in [0.3, 0.4) is 0 Å². The van der Waals surface area contributed by atoms with Crippen molar-refractivity contribution in [2.75, 3.05) is 20.3 Å². The van der Waals surface area contributed by atoms with E-state index in [1.54, 1.807) is 7.11 Å². The van der Waals surface area contributed by atoms with Gasteiger partial charge in [-0.15, -0.1) is 0 Å². The highest BCUT2D eigenvalue weighted by atomic mass is 16.5. The minimum Gasteiger partial charge on any atom is -0.383 e. The van der Waals surface area contributed by atoms with Gasteiger partial charge in [-0.3, -0.25) is 15.0 Å². The molecule has 1 saturated carbocycles. The minimum absolute atomic E-state index is 0.0694. The maximum absolute atomic E-state index is 11.7. The van der Waals surface area contributed by atoms with Gasteiger partial charge in [-0.25, -0.2) is 5.84 Å². The van der Waals surface area contributed by atoms with Crippen LogP contribution in [0.1, 0.15) is 19.8 Å². The smallest absolute Gasteiger partial charge is 0.323 e. The average Bonchev–Trinajstić information content (AvgIpc) is 3.11. The van der Waals surface area contributed by atoms with E-state index in [4.69, 9.17) is 10.6 Å². The molecule has 0 aromatic rings. The Morgan fingerprint density at radius 2 is 2.19 bits per heavy atom. The van der Waals surface area contributed by atoms with Crippen LogP contribution in [0, 0.1) is 5.92 Å². The lowest BCUT2D eigenvalue weighted by molar-refractivity contribution is -0.148. The van der Waals surface area contributed by atoms with Crippen LogP contribution in [-0.2, 0) is 14.3 Å². The summed E-state index contributed by atoms with van der Waals surface area (Å²) in [6.07, 6.45) is 2.23. The van der Waals surface area contributed by atoms with E-state index in [-0.39, 0.29) is 6.04 Å². The number of hydrogen-bond donors (Lipinski definition) is 2. The Bertz CT molecular complexity index is 266. The first-order valence-corrected chi connectivity index (χ1v) is 5.42. The molecule has 0 spiro atoms. The van der Waals surface area contributed by atoms with Crippen LogP contribution in [0.2, 0.25) is 0 Å². The van der Waals surface area contributed by atoms with Crippen molar-refractivity contribution in [2.45, 2.75) is 25.8 Å². The first-order chi connectivity index (χ1) is 7.61. The number of rotatable bonds is 5. The Kier molecular flexibility index (Phi) is 4.70. The number of nitrogens with zero attached hydrogens (tertiary/aromatic N) is 1. The Labute approximate surface area is 95.1 Å². The fourth-order valence-electron chi connectivity index (χ4n) is 1.71. The van der Waals surface area contributed by atoms with Crippen molar-refractivity contribution >= 4 is 11.8 Å². The molecule has 0 radical (unpaired) electrons. The van der Waals surface area contributed by atoms with Crippen LogP contribution < -0.4 is 11.3 Å². The quantitative estimate of drug-likeness (QED) is 0.281. The number of nitrogens with one attached hydrogen (secondary N) is 1. The first-order valence-electron chi connectivity index (χ1n) is 5.42. The molecule has 0 aromatic heterocycles. The van der Waals surface area contributed by atoms with Gasteiger partial charge in [0.2, 0.25) is 0 Å². The molecule has 3 N–H and O–H groups in total. The van der Waals surface area contributed by atoms with Crippen LogP contribution in [0.5, 0.6) is 0 Å². The lowest BCUT2D eigenvalue weighted by Crippen LogP contribution is -2.50. The molecule has 0 aliphatic heterocycles. The van der Waals surface area contributed by atoms with Crippen LogP contribution in [-0.4, -0.2) is 43.0 Å². The number of hydrazine groups is 1. The monoisotopic (exact) mass is 229 g/mol. The van der Waals surface area contributed by atoms with E-state index in [1.807, 2.05) is 12.3 Å². The predicted molar refractivity (Wildman–Crippen MR) is 58.1 cm³/mol. The molecule has 92 valence electrons. The zero-order valence-electron chi connectivity index (χ0n) is 9.73. The van der Waals surface area contributed by atoms with Gasteiger partial charge in [0.25, 0.3) is 0 Å². The lowest BCUT2D eigenvalue weighted by atomic mass is 10.2. The summed E-state index contributed by atoms with van der Waals surface area (Å²) in [7, 11) is 1.56. The van der Waals surface area contributed by atoms with E-state index < -0.39 is 11.8 Å². The van der Waals surface area contributed by atoms with Gasteiger partial charge in [0.15, 0.2) is 0 Å². The molecule has 16 heavy (non-hydrogen) atoms. The Hall–Kier alpha value is -1.14. The van der Waals surface area contributed by atoms with Crippen LogP contribution in [0.25, 0.3) is 0 Å². The Balaban J connectivity index is 2.61. The number of nitrogens with two attached hydrogens (primary N) is 1. The molecule has 0 saturated heterocycles. The number of methoxy groups -OCH3 is 1. The third-order valence-electron chi connectivity index (χ3n) is 2.92. The highest BCUT2D eigenvalue weighted by molar-refractivity contribution is 6.34. The number of amides is 2. The molecule has 0 bridgehead atoms. The highest BCUT2D eigenvalue weighted by Gasteiger charge is 2.35. The maximum Gasteiger partial charge on any atom is 0.323 e. The number of carbonyl (C=O) groups is 2. The van der Waals surface area contributed by atoms with Crippen molar-refractivity contribution in [1.29, 1.82) is 0 Å². The van der Waals surface area contributed by atoms with Gasteiger partial charge in [0, 0.05) is 19.7 Å². The Morgan fingerprint density at radius 1 is 1.56 bits per heavy atom. The summed E-state index contributed by atoms with van der Waals surface area (Å²) >= 11 is 0. The summed E-state index contributed by atoms with van der Waals surface area (Å²) in [4.78, 5) is 24.5. The summed E-state index contributed by atoms with van der Waals surface area (Å²) in [5.41, 5.74) is 1.86. The Morgan fingerprint density at radius 3 is 2.62 bits per heavy atom. The normalized spacial score (nSPS) is 16.7. The zero-order chi connectivity index (χ0) is 12.1. The fraction of sp³-hybridized carbons (Fsp3) is 0.800. The van der Waals surface area contributed by atoms with Gasteiger partial charge in [-0.05, 0) is 25.7 Å². The molecule has 1 aliphatic rings. The second kappa shape index (κ2) is 5.81. The summed E-state index contributed by atoms with van der Waals surface area (Å²) in [5, 5.41) is 0. The zero-order valence-corrected chi connectivity index (χ0v) is 9.73. The third kappa shape index (κ3) is 3.18. The molecular weight excluding hydrogens is 210 g/mol. The van der Waals surface area contributed by atoms with E-state index in [1.165, 1.54) is 4.90 Å². The second-order valence-corrected chi connectivity index (χ2v) is 4.04. The molecule has 6 heteroatoms. The summed E-state index contributed by atoms with van der Waals surface area (Å²) in [5.74, 6) is 4.10. The van der Waals surface area contributed by atoms with Gasteiger partial charge in [0.1, 0.15) is 0 Å². The number of carbonyl (C=O) groups excluding carboxylic acids is 2. The SMILES string of the molecule is COCCN(C(=O)C(=O)NN)C(C)C1CC1. The predicted octanol–water partition coefficient (Wildman–Crippen LogP) is -0.750. The van der Waals surface area contributed by atoms with E-state index in [0.717, 1.165) is 12.8 Å². The maximum atomic E-state index is 11.7. The molecular formula is C10H19N3O3. The number of ether oxygens (including phenoxy) is 1. The second-order valence-electron chi connectivity index (χ2n) is 4.04. The van der Waals surface area contributed by atoms with E-state index >= 15 is 0 Å². The van der Waals surface area contributed by atoms with E-state index in [2.05, 4.69) is 0 Å². The van der Waals surface area contributed by atoms with E-state index in [0.29, 0.717) is 19.1 Å². The van der Waals surface area contributed by atoms with Crippen molar-refractivity contribution in [2.24, 2.45) is 11.8 Å². The van der Waals surface area contributed by atoms with Crippen molar-refractivity contribution in [1.82, 2.24) is 10.3 Å². The molecule has 0 aromatic carbocycles. The van der Waals surface area contributed by atoms with Crippen LogP contribution >= 0.6 is 0 Å². The average molecular weight is 229 g/mol. The third-order valence-corrected chi connectivity index (χ3v) is 2.92. The molecule has 1 rings (SSSR count).